The maximum absolute atomic E-state index is 11.3. The highest BCUT2D eigenvalue weighted by molar-refractivity contribution is 5.87. The van der Waals surface area contributed by atoms with Gasteiger partial charge in [-0.25, -0.2) is 14.6 Å². The molecule has 0 saturated heterocycles. The molecule has 7 nitrogen and oxygen atoms in total. The van der Waals surface area contributed by atoms with E-state index in [9.17, 15) is 9.59 Å². The van der Waals surface area contributed by atoms with Crippen LogP contribution >= 0.6 is 0 Å². The van der Waals surface area contributed by atoms with Gasteiger partial charge in [-0.2, -0.15) is 0 Å². The highest BCUT2D eigenvalue weighted by Crippen LogP contribution is 2.08. The van der Waals surface area contributed by atoms with E-state index in [2.05, 4.69) is 10.3 Å². The Labute approximate surface area is 116 Å². The number of aromatic nitrogens is 1. The molecule has 0 aliphatic heterocycles. The third-order valence-electron chi connectivity index (χ3n) is 2.00. The highest BCUT2D eigenvalue weighted by Gasteiger charge is 2.15. The minimum absolute atomic E-state index is 0.0872. The van der Waals surface area contributed by atoms with Crippen molar-refractivity contribution < 1.29 is 24.2 Å². The summed E-state index contributed by atoms with van der Waals surface area (Å²) in [4.78, 5) is 25.8. The quantitative estimate of drug-likeness (QED) is 0.797. The van der Waals surface area contributed by atoms with E-state index in [1.807, 2.05) is 0 Å². The first-order chi connectivity index (χ1) is 9.28. The highest BCUT2D eigenvalue weighted by atomic mass is 16.6. The van der Waals surface area contributed by atoms with Crippen molar-refractivity contribution in [3.05, 3.63) is 23.9 Å². The number of pyridine rings is 1. The fourth-order valence-electron chi connectivity index (χ4n) is 1.22. The first-order valence-corrected chi connectivity index (χ1v) is 6.07. The summed E-state index contributed by atoms with van der Waals surface area (Å²) in [5.41, 5.74) is -0.455. The molecule has 0 fully saturated rings. The second kappa shape index (κ2) is 6.74. The zero-order chi connectivity index (χ0) is 15.2. The van der Waals surface area contributed by atoms with Gasteiger partial charge in [0.25, 0.3) is 0 Å². The SMILES string of the molecule is CC(C)(C)OC(=O)NCCOc1ccc(C(=O)O)cn1. The number of aromatic carboxylic acids is 1. The van der Waals surface area contributed by atoms with E-state index in [0.29, 0.717) is 5.88 Å². The van der Waals surface area contributed by atoms with Crippen LogP contribution < -0.4 is 10.1 Å². The summed E-state index contributed by atoms with van der Waals surface area (Å²) in [6.07, 6.45) is 0.689. The third kappa shape index (κ3) is 6.03. The van der Waals surface area contributed by atoms with Gasteiger partial charge in [0.05, 0.1) is 12.1 Å². The van der Waals surface area contributed by atoms with Crippen molar-refractivity contribution in [3.8, 4) is 5.88 Å². The van der Waals surface area contributed by atoms with Gasteiger partial charge in [0.1, 0.15) is 12.2 Å². The molecule has 1 aromatic rings. The zero-order valence-corrected chi connectivity index (χ0v) is 11.7. The van der Waals surface area contributed by atoms with Crippen LogP contribution in [0, 0.1) is 0 Å². The van der Waals surface area contributed by atoms with Gasteiger partial charge in [0, 0.05) is 12.3 Å². The van der Waals surface area contributed by atoms with Crippen LogP contribution in [0.4, 0.5) is 4.79 Å². The monoisotopic (exact) mass is 282 g/mol. The first kappa shape index (κ1) is 15.7. The van der Waals surface area contributed by atoms with E-state index in [4.69, 9.17) is 14.6 Å². The van der Waals surface area contributed by atoms with E-state index < -0.39 is 17.7 Å². The van der Waals surface area contributed by atoms with E-state index in [1.165, 1.54) is 18.3 Å². The lowest BCUT2D eigenvalue weighted by molar-refractivity contribution is 0.0519. The van der Waals surface area contributed by atoms with Gasteiger partial charge in [-0.05, 0) is 26.8 Å². The maximum Gasteiger partial charge on any atom is 0.407 e. The number of hydrogen-bond acceptors (Lipinski definition) is 5. The standard InChI is InChI=1S/C13H18N2O5/c1-13(2,3)20-12(18)14-6-7-19-10-5-4-9(8-15-10)11(16)17/h4-5,8H,6-7H2,1-3H3,(H,14,18)(H,16,17). The molecule has 0 radical (unpaired) electrons. The van der Waals surface area contributed by atoms with Crippen LogP contribution in [0.2, 0.25) is 0 Å². The molecular formula is C13H18N2O5. The van der Waals surface area contributed by atoms with E-state index >= 15 is 0 Å². The molecule has 0 unspecified atom stereocenters. The molecule has 0 spiro atoms. The molecule has 0 atom stereocenters. The second-order valence-corrected chi connectivity index (χ2v) is 4.97. The van der Waals surface area contributed by atoms with E-state index in [-0.39, 0.29) is 18.7 Å². The molecule has 0 bridgehead atoms. The lowest BCUT2D eigenvalue weighted by Gasteiger charge is -2.19. The number of nitrogens with one attached hydrogen (secondary N) is 1. The summed E-state index contributed by atoms with van der Waals surface area (Å²) >= 11 is 0. The number of carboxylic acids is 1. The van der Waals surface area contributed by atoms with Crippen molar-refractivity contribution in [2.24, 2.45) is 0 Å². The van der Waals surface area contributed by atoms with Crippen LogP contribution in [0.1, 0.15) is 31.1 Å². The van der Waals surface area contributed by atoms with E-state index in [1.54, 1.807) is 20.8 Å². The minimum atomic E-state index is -1.05. The molecule has 1 amide bonds. The van der Waals surface area contributed by atoms with Gasteiger partial charge in [-0.3, -0.25) is 0 Å². The van der Waals surface area contributed by atoms with Crippen LogP contribution in [0.15, 0.2) is 18.3 Å². The lowest BCUT2D eigenvalue weighted by atomic mass is 10.2. The summed E-state index contributed by atoms with van der Waals surface area (Å²) in [5.74, 6) is -0.753. The topological polar surface area (TPSA) is 97.8 Å². The summed E-state index contributed by atoms with van der Waals surface area (Å²) in [7, 11) is 0. The number of carboxylic acid groups (broad SMARTS) is 1. The minimum Gasteiger partial charge on any atom is -0.478 e. The fourth-order valence-corrected chi connectivity index (χ4v) is 1.22. The number of hydrogen-bond donors (Lipinski definition) is 2. The summed E-state index contributed by atoms with van der Waals surface area (Å²) in [6.45, 7) is 5.79. The number of alkyl carbamates (subject to hydrolysis) is 1. The summed E-state index contributed by atoms with van der Waals surface area (Å²) < 4.78 is 10.3. The number of amides is 1. The Hall–Kier alpha value is -2.31. The van der Waals surface area contributed by atoms with Crippen LogP contribution in [0.5, 0.6) is 5.88 Å². The number of carbonyl (C=O) groups is 2. The molecule has 1 rings (SSSR count). The first-order valence-electron chi connectivity index (χ1n) is 6.07. The van der Waals surface area contributed by atoms with Crippen molar-refractivity contribution in [2.45, 2.75) is 26.4 Å². The molecule has 0 aromatic carbocycles. The maximum atomic E-state index is 11.3. The molecule has 0 aliphatic carbocycles. The molecule has 1 heterocycles. The fraction of sp³-hybridized carbons (Fsp3) is 0.462. The molecule has 1 aromatic heterocycles. The average Bonchev–Trinajstić information content (AvgIpc) is 2.33. The van der Waals surface area contributed by atoms with Gasteiger partial charge in [0.2, 0.25) is 5.88 Å². The molecule has 7 heteroatoms. The van der Waals surface area contributed by atoms with Gasteiger partial charge < -0.3 is 19.9 Å². The summed E-state index contributed by atoms with van der Waals surface area (Å²) in [6, 6.07) is 2.85. The van der Waals surface area contributed by atoms with Crippen molar-refractivity contribution >= 4 is 12.1 Å². The van der Waals surface area contributed by atoms with Crippen LogP contribution in [-0.4, -0.2) is 40.9 Å². The third-order valence-corrected chi connectivity index (χ3v) is 2.00. The smallest absolute Gasteiger partial charge is 0.407 e. The van der Waals surface area contributed by atoms with Crippen LogP contribution in [0.3, 0.4) is 0 Å². The molecule has 2 N–H and O–H groups in total. The zero-order valence-electron chi connectivity index (χ0n) is 11.7. The van der Waals surface area contributed by atoms with Crippen molar-refractivity contribution in [3.63, 3.8) is 0 Å². The Kier molecular flexibility index (Phi) is 5.31. The molecular weight excluding hydrogens is 264 g/mol. The number of carbonyl (C=O) groups excluding carboxylic acids is 1. The van der Waals surface area contributed by atoms with Gasteiger partial charge >= 0.3 is 12.1 Å². The van der Waals surface area contributed by atoms with Crippen LogP contribution in [0.25, 0.3) is 0 Å². The predicted octanol–water partition coefficient (Wildman–Crippen LogP) is 1.68. The Balaban J connectivity index is 2.27. The normalized spacial score (nSPS) is 10.8. The second-order valence-electron chi connectivity index (χ2n) is 4.97. The van der Waals surface area contributed by atoms with Gasteiger partial charge in [-0.15, -0.1) is 0 Å². The number of nitrogens with zero attached hydrogens (tertiary/aromatic N) is 1. The van der Waals surface area contributed by atoms with E-state index in [0.717, 1.165) is 0 Å². The average molecular weight is 282 g/mol. The predicted molar refractivity (Wildman–Crippen MR) is 70.9 cm³/mol. The molecule has 0 aliphatic rings. The summed E-state index contributed by atoms with van der Waals surface area (Å²) in [5, 5.41) is 11.2. The Morgan fingerprint density at radius 2 is 2.05 bits per heavy atom. The molecule has 110 valence electrons. The van der Waals surface area contributed by atoms with Gasteiger partial charge in [0.15, 0.2) is 0 Å². The number of rotatable bonds is 5. The van der Waals surface area contributed by atoms with Crippen molar-refractivity contribution in [1.82, 2.24) is 10.3 Å². The molecule has 20 heavy (non-hydrogen) atoms. The van der Waals surface area contributed by atoms with Crippen molar-refractivity contribution in [2.75, 3.05) is 13.2 Å². The van der Waals surface area contributed by atoms with Gasteiger partial charge in [-0.1, -0.05) is 0 Å². The van der Waals surface area contributed by atoms with Crippen LogP contribution in [-0.2, 0) is 4.74 Å². The Morgan fingerprint density at radius 3 is 2.55 bits per heavy atom. The lowest BCUT2D eigenvalue weighted by Crippen LogP contribution is -2.34. The Bertz CT molecular complexity index is 465. The number of ether oxygens (including phenoxy) is 2. The molecule has 0 saturated carbocycles. The largest absolute Gasteiger partial charge is 0.478 e. The van der Waals surface area contributed by atoms with Crippen molar-refractivity contribution in [1.29, 1.82) is 0 Å². The Morgan fingerprint density at radius 1 is 1.35 bits per heavy atom.